The Morgan fingerprint density at radius 1 is 1.27 bits per heavy atom. The van der Waals surface area contributed by atoms with E-state index in [2.05, 4.69) is 10.6 Å². The van der Waals surface area contributed by atoms with E-state index in [1.807, 2.05) is 19.1 Å². The topological polar surface area (TPSA) is 76.7 Å². The fourth-order valence-corrected chi connectivity index (χ4v) is 2.28. The van der Waals surface area contributed by atoms with Gasteiger partial charge in [0.1, 0.15) is 5.75 Å². The van der Waals surface area contributed by atoms with Crippen molar-refractivity contribution in [1.29, 1.82) is 0 Å². The summed E-state index contributed by atoms with van der Waals surface area (Å²) in [5, 5.41) is 5.37. The van der Waals surface area contributed by atoms with Crippen molar-refractivity contribution in [1.82, 2.24) is 10.6 Å². The first kappa shape index (κ1) is 15.9. The third-order valence-corrected chi connectivity index (χ3v) is 3.38. The number of carbonyl (C=O) groups is 2. The van der Waals surface area contributed by atoms with Gasteiger partial charge in [0.25, 0.3) is 0 Å². The Hall–Kier alpha value is -2.50. The minimum absolute atomic E-state index is 0.342. The van der Waals surface area contributed by atoms with Crippen molar-refractivity contribution >= 4 is 12.0 Å². The minimum atomic E-state index is -0.538. The Balaban J connectivity index is 2.34. The number of benzene rings is 1. The SMILES string of the molecule is CCCOC(=O)C1=C(C)NC(=O)N[C@H]1c1ccc(OC)cc1. The van der Waals surface area contributed by atoms with Gasteiger partial charge >= 0.3 is 12.0 Å². The summed E-state index contributed by atoms with van der Waals surface area (Å²) < 4.78 is 10.3. The molecule has 22 heavy (non-hydrogen) atoms. The Morgan fingerprint density at radius 3 is 2.55 bits per heavy atom. The second-order valence-corrected chi connectivity index (χ2v) is 4.98. The third-order valence-electron chi connectivity index (χ3n) is 3.38. The molecule has 0 unspecified atom stereocenters. The molecule has 2 N–H and O–H groups in total. The van der Waals surface area contributed by atoms with Gasteiger partial charge in [0.2, 0.25) is 0 Å². The fraction of sp³-hybridized carbons (Fsp3) is 0.375. The lowest BCUT2D eigenvalue weighted by Gasteiger charge is -2.28. The van der Waals surface area contributed by atoms with E-state index in [4.69, 9.17) is 9.47 Å². The molecule has 0 bridgehead atoms. The summed E-state index contributed by atoms with van der Waals surface area (Å²) in [4.78, 5) is 24.0. The number of rotatable bonds is 5. The van der Waals surface area contributed by atoms with E-state index >= 15 is 0 Å². The zero-order chi connectivity index (χ0) is 16.1. The molecule has 0 spiro atoms. The Kier molecular flexibility index (Phi) is 5.04. The zero-order valence-corrected chi connectivity index (χ0v) is 12.9. The van der Waals surface area contributed by atoms with Gasteiger partial charge in [-0.3, -0.25) is 0 Å². The lowest BCUT2D eigenvalue weighted by Crippen LogP contribution is -2.45. The lowest BCUT2D eigenvalue weighted by molar-refractivity contribution is -0.139. The molecule has 1 aliphatic rings. The molecule has 0 aromatic heterocycles. The van der Waals surface area contributed by atoms with Crippen LogP contribution >= 0.6 is 0 Å². The molecule has 2 amide bonds. The van der Waals surface area contributed by atoms with E-state index in [-0.39, 0.29) is 6.03 Å². The maximum absolute atomic E-state index is 12.3. The average Bonchev–Trinajstić information content (AvgIpc) is 2.52. The first-order valence-corrected chi connectivity index (χ1v) is 7.16. The smallest absolute Gasteiger partial charge is 0.338 e. The number of hydrogen-bond acceptors (Lipinski definition) is 4. The standard InChI is InChI=1S/C16H20N2O4/c1-4-9-22-15(19)13-10(2)17-16(20)18-14(13)11-5-7-12(21-3)8-6-11/h5-8,14H,4,9H2,1-3H3,(H2,17,18,20)/t14-/m0/s1. The molecule has 0 saturated heterocycles. The van der Waals surface area contributed by atoms with E-state index in [0.717, 1.165) is 12.0 Å². The molecule has 1 atom stereocenters. The summed E-state index contributed by atoms with van der Waals surface area (Å²) >= 11 is 0. The van der Waals surface area contributed by atoms with E-state index < -0.39 is 12.0 Å². The molecule has 1 heterocycles. The number of esters is 1. The van der Waals surface area contributed by atoms with Crippen LogP contribution in [0.25, 0.3) is 0 Å². The highest BCUT2D eigenvalue weighted by Gasteiger charge is 2.32. The molecule has 6 heteroatoms. The molecule has 118 valence electrons. The summed E-state index contributed by atoms with van der Waals surface area (Å²) in [6.45, 7) is 3.97. The summed E-state index contributed by atoms with van der Waals surface area (Å²) in [7, 11) is 1.58. The number of nitrogens with one attached hydrogen (secondary N) is 2. The molecule has 1 aromatic carbocycles. The molecule has 0 fully saturated rings. The van der Waals surface area contributed by atoms with E-state index in [1.54, 1.807) is 26.2 Å². The van der Waals surface area contributed by atoms with E-state index in [1.165, 1.54) is 0 Å². The largest absolute Gasteiger partial charge is 0.497 e. The van der Waals surface area contributed by atoms with Crippen molar-refractivity contribution in [3.63, 3.8) is 0 Å². The minimum Gasteiger partial charge on any atom is -0.497 e. The normalized spacial score (nSPS) is 17.6. The van der Waals surface area contributed by atoms with Crippen molar-refractivity contribution in [2.24, 2.45) is 0 Å². The van der Waals surface area contributed by atoms with Gasteiger partial charge in [-0.2, -0.15) is 0 Å². The Bertz CT molecular complexity index is 593. The zero-order valence-electron chi connectivity index (χ0n) is 12.9. The predicted octanol–water partition coefficient (Wildman–Crippen LogP) is 2.28. The van der Waals surface area contributed by atoms with Crippen LogP contribution in [0.4, 0.5) is 4.79 Å². The van der Waals surface area contributed by atoms with Gasteiger partial charge in [0.15, 0.2) is 0 Å². The highest BCUT2D eigenvalue weighted by molar-refractivity contribution is 5.95. The maximum Gasteiger partial charge on any atom is 0.338 e. The van der Waals surface area contributed by atoms with Gasteiger partial charge in [0, 0.05) is 5.70 Å². The van der Waals surface area contributed by atoms with Crippen molar-refractivity contribution in [2.75, 3.05) is 13.7 Å². The summed E-state index contributed by atoms with van der Waals surface area (Å²) in [5.41, 5.74) is 1.71. The van der Waals surface area contributed by atoms with Gasteiger partial charge in [-0.25, -0.2) is 9.59 Å². The van der Waals surface area contributed by atoms with Gasteiger partial charge in [-0.1, -0.05) is 19.1 Å². The molecular formula is C16H20N2O4. The Labute approximate surface area is 129 Å². The van der Waals surface area contributed by atoms with Crippen molar-refractivity contribution < 1.29 is 19.1 Å². The lowest BCUT2D eigenvalue weighted by atomic mass is 9.95. The summed E-state index contributed by atoms with van der Waals surface area (Å²) in [6, 6.07) is 6.32. The van der Waals surface area contributed by atoms with Crippen LogP contribution in [0.2, 0.25) is 0 Å². The average molecular weight is 304 g/mol. The van der Waals surface area contributed by atoms with Crippen molar-refractivity contribution in [3.05, 3.63) is 41.1 Å². The third kappa shape index (κ3) is 3.39. The number of amides is 2. The van der Waals surface area contributed by atoms with Crippen LogP contribution < -0.4 is 15.4 Å². The van der Waals surface area contributed by atoms with Crippen LogP contribution in [-0.4, -0.2) is 25.7 Å². The second-order valence-electron chi connectivity index (χ2n) is 4.98. The number of urea groups is 1. The molecule has 1 aliphatic heterocycles. The molecule has 6 nitrogen and oxygen atoms in total. The fourth-order valence-electron chi connectivity index (χ4n) is 2.28. The molecule has 0 aliphatic carbocycles. The van der Waals surface area contributed by atoms with Crippen LogP contribution in [0.3, 0.4) is 0 Å². The van der Waals surface area contributed by atoms with Crippen LogP contribution in [0.15, 0.2) is 35.5 Å². The highest BCUT2D eigenvalue weighted by Crippen LogP contribution is 2.28. The van der Waals surface area contributed by atoms with E-state index in [0.29, 0.717) is 23.6 Å². The van der Waals surface area contributed by atoms with Gasteiger partial charge in [0.05, 0.1) is 25.3 Å². The number of carbonyl (C=O) groups excluding carboxylic acids is 2. The van der Waals surface area contributed by atoms with E-state index in [9.17, 15) is 9.59 Å². The summed E-state index contributed by atoms with van der Waals surface area (Å²) in [5.74, 6) is 0.285. The summed E-state index contributed by atoms with van der Waals surface area (Å²) in [6.07, 6.45) is 0.741. The van der Waals surface area contributed by atoms with Crippen molar-refractivity contribution in [2.45, 2.75) is 26.3 Å². The van der Waals surface area contributed by atoms with Gasteiger partial charge in [-0.05, 0) is 31.0 Å². The molecule has 1 aromatic rings. The van der Waals surface area contributed by atoms with Crippen LogP contribution in [0, 0.1) is 0 Å². The second kappa shape index (κ2) is 6.98. The van der Waals surface area contributed by atoms with Gasteiger partial charge < -0.3 is 20.1 Å². The van der Waals surface area contributed by atoms with Crippen LogP contribution in [0.5, 0.6) is 5.75 Å². The number of allylic oxidation sites excluding steroid dienone is 1. The first-order valence-electron chi connectivity index (χ1n) is 7.16. The van der Waals surface area contributed by atoms with Crippen molar-refractivity contribution in [3.8, 4) is 5.75 Å². The molecule has 0 saturated carbocycles. The van der Waals surface area contributed by atoms with Crippen LogP contribution in [-0.2, 0) is 9.53 Å². The first-order chi connectivity index (χ1) is 10.6. The number of hydrogen-bond donors (Lipinski definition) is 2. The molecule has 2 rings (SSSR count). The number of ether oxygens (including phenoxy) is 2. The molecular weight excluding hydrogens is 284 g/mol. The van der Waals surface area contributed by atoms with Crippen LogP contribution in [0.1, 0.15) is 31.9 Å². The number of methoxy groups -OCH3 is 1. The monoisotopic (exact) mass is 304 g/mol. The molecule has 0 radical (unpaired) electrons. The maximum atomic E-state index is 12.3. The Morgan fingerprint density at radius 2 is 1.95 bits per heavy atom. The van der Waals surface area contributed by atoms with Gasteiger partial charge in [-0.15, -0.1) is 0 Å². The highest BCUT2D eigenvalue weighted by atomic mass is 16.5. The predicted molar refractivity (Wildman–Crippen MR) is 81.4 cm³/mol. The quantitative estimate of drug-likeness (QED) is 0.818.